The number of hydrogen-bond donors (Lipinski definition) is 10. The molecule has 2 saturated heterocycles. The van der Waals surface area contributed by atoms with Gasteiger partial charge >= 0.3 is 0 Å². The Morgan fingerprint density at radius 1 is 0.891 bits per heavy atom. The van der Waals surface area contributed by atoms with Crippen molar-refractivity contribution in [1.82, 2.24) is 0 Å². The van der Waals surface area contributed by atoms with E-state index in [4.69, 9.17) is 23.7 Å². The molecule has 22 atom stereocenters. The SMILES string of the molecule is C=C(CC[C@@H](C)[C@H]1C[C@@H](O)[C@@H]2[C@]1(C)CC[C@@H]1[C@@]3(C)CC[C@H](O)[C@H](O)[C@@H]3[C@@H](O)C[C@]12O)[C@H](C)CO[C@H]1O[C@H]([C@H](O)CO)[C@@H](O)[C@@H]1O[C@@H]1OC[C@@H](OC)[C@H](O)[C@H]1O. The summed E-state index contributed by atoms with van der Waals surface area (Å²) in [5.74, 6) is -1.09. The normalized spacial score (nSPS) is 51.5. The van der Waals surface area contributed by atoms with Crippen molar-refractivity contribution in [2.75, 3.05) is 26.9 Å². The largest absolute Gasteiger partial charge is 0.394 e. The van der Waals surface area contributed by atoms with Crippen LogP contribution in [0.2, 0.25) is 0 Å². The summed E-state index contributed by atoms with van der Waals surface area (Å²) in [6, 6.07) is 0. The zero-order chi connectivity index (χ0) is 40.4. The Labute approximate surface area is 324 Å². The van der Waals surface area contributed by atoms with E-state index < -0.39 is 109 Å². The molecule has 0 radical (unpaired) electrons. The van der Waals surface area contributed by atoms with Crippen molar-refractivity contribution in [2.45, 2.75) is 164 Å². The molecule has 4 aliphatic carbocycles. The highest BCUT2D eigenvalue weighted by atomic mass is 16.8. The third kappa shape index (κ3) is 7.61. The van der Waals surface area contributed by atoms with E-state index in [9.17, 15) is 51.1 Å². The minimum absolute atomic E-state index is 0.0618. The maximum absolute atomic E-state index is 12.6. The van der Waals surface area contributed by atoms with E-state index in [1.165, 1.54) is 7.11 Å². The first-order valence-electron chi connectivity index (χ1n) is 20.4. The number of fused-ring (bicyclic) bond motifs is 5. The Morgan fingerprint density at radius 2 is 1.58 bits per heavy atom. The van der Waals surface area contributed by atoms with Gasteiger partial charge in [0, 0.05) is 31.3 Å². The quantitative estimate of drug-likeness (QED) is 0.107. The van der Waals surface area contributed by atoms with Gasteiger partial charge in [-0.15, -0.1) is 0 Å². The molecule has 0 aromatic carbocycles. The van der Waals surface area contributed by atoms with E-state index in [-0.39, 0.29) is 48.7 Å². The fourth-order valence-corrected chi connectivity index (χ4v) is 12.3. The molecule has 2 heterocycles. The molecule has 6 fully saturated rings. The van der Waals surface area contributed by atoms with Gasteiger partial charge < -0.3 is 74.7 Å². The average Bonchev–Trinajstić information content (AvgIpc) is 3.60. The highest BCUT2D eigenvalue weighted by molar-refractivity contribution is 5.21. The molecule has 6 rings (SSSR count). The molecule has 15 heteroatoms. The van der Waals surface area contributed by atoms with E-state index in [0.29, 0.717) is 32.1 Å². The van der Waals surface area contributed by atoms with E-state index >= 15 is 0 Å². The Kier molecular flexibility index (Phi) is 13.2. The molecule has 2 aliphatic heterocycles. The summed E-state index contributed by atoms with van der Waals surface area (Å²) < 4.78 is 28.5. The summed E-state index contributed by atoms with van der Waals surface area (Å²) in [4.78, 5) is 0. The number of hydrogen-bond acceptors (Lipinski definition) is 15. The molecule has 0 unspecified atom stereocenters. The van der Waals surface area contributed by atoms with Crippen LogP contribution in [-0.4, -0.2) is 163 Å². The monoisotopic (exact) mass is 788 g/mol. The van der Waals surface area contributed by atoms with Crippen molar-refractivity contribution in [2.24, 2.45) is 46.3 Å². The summed E-state index contributed by atoms with van der Waals surface area (Å²) in [6.45, 7) is 12.0. The number of aliphatic hydroxyl groups is 10. The summed E-state index contributed by atoms with van der Waals surface area (Å²) in [6.07, 6.45) is -10.7. The van der Waals surface area contributed by atoms with Crippen molar-refractivity contribution in [3.63, 3.8) is 0 Å². The number of ether oxygens (including phenoxy) is 5. The average molecular weight is 789 g/mol. The van der Waals surface area contributed by atoms with Crippen LogP contribution in [0.5, 0.6) is 0 Å². The molecular formula is C40H68O15. The van der Waals surface area contributed by atoms with Crippen molar-refractivity contribution in [1.29, 1.82) is 0 Å². The van der Waals surface area contributed by atoms with Crippen molar-refractivity contribution < 1.29 is 74.7 Å². The number of methoxy groups -OCH3 is 1. The van der Waals surface area contributed by atoms with Crippen molar-refractivity contribution >= 4 is 0 Å². The third-order valence-electron chi connectivity index (χ3n) is 15.4. The lowest BCUT2D eigenvalue weighted by Gasteiger charge is -2.66. The van der Waals surface area contributed by atoms with Crippen LogP contribution in [0.4, 0.5) is 0 Å². The molecule has 55 heavy (non-hydrogen) atoms. The maximum atomic E-state index is 12.6. The minimum atomic E-state index is -1.50. The van der Waals surface area contributed by atoms with Gasteiger partial charge in [-0.3, -0.25) is 0 Å². The molecule has 4 saturated carbocycles. The van der Waals surface area contributed by atoms with Crippen LogP contribution in [0.15, 0.2) is 12.2 Å². The summed E-state index contributed by atoms with van der Waals surface area (Å²) >= 11 is 0. The fraction of sp³-hybridized carbons (Fsp3) is 0.950. The van der Waals surface area contributed by atoms with Crippen LogP contribution < -0.4 is 0 Å². The lowest BCUT2D eigenvalue weighted by molar-refractivity contribution is -0.305. The molecule has 0 amide bonds. The number of rotatable bonds is 13. The van der Waals surface area contributed by atoms with Gasteiger partial charge in [-0.05, 0) is 73.5 Å². The lowest BCUT2D eigenvalue weighted by Crippen LogP contribution is -2.70. The Morgan fingerprint density at radius 3 is 2.25 bits per heavy atom. The maximum Gasteiger partial charge on any atom is 0.187 e. The van der Waals surface area contributed by atoms with Crippen LogP contribution in [0, 0.1) is 46.3 Å². The number of aliphatic hydroxyl groups excluding tert-OH is 9. The predicted octanol–water partition coefficient (Wildman–Crippen LogP) is -0.424. The molecule has 6 aliphatic rings. The van der Waals surface area contributed by atoms with Crippen molar-refractivity contribution in [3.05, 3.63) is 12.2 Å². The highest BCUT2D eigenvalue weighted by Gasteiger charge is 2.71. The fourth-order valence-electron chi connectivity index (χ4n) is 12.3. The van der Waals surface area contributed by atoms with Crippen LogP contribution in [0.25, 0.3) is 0 Å². The second kappa shape index (κ2) is 16.7. The molecule has 0 bridgehead atoms. The second-order valence-corrected chi connectivity index (χ2v) is 18.6. The van der Waals surface area contributed by atoms with Gasteiger partial charge in [0.1, 0.15) is 42.7 Å². The van der Waals surface area contributed by atoms with E-state index in [0.717, 1.165) is 18.4 Å². The summed E-state index contributed by atoms with van der Waals surface area (Å²) in [7, 11) is 1.38. The van der Waals surface area contributed by atoms with Crippen molar-refractivity contribution in [3.8, 4) is 0 Å². The topological polar surface area (TPSA) is 248 Å². The van der Waals surface area contributed by atoms with Crippen LogP contribution in [0.1, 0.15) is 79.1 Å². The van der Waals surface area contributed by atoms with Crippen LogP contribution in [-0.2, 0) is 23.7 Å². The van der Waals surface area contributed by atoms with Crippen LogP contribution in [0.3, 0.4) is 0 Å². The molecule has 0 aromatic heterocycles. The smallest absolute Gasteiger partial charge is 0.187 e. The van der Waals surface area contributed by atoms with E-state index in [1.807, 2.05) is 13.8 Å². The first-order valence-corrected chi connectivity index (χ1v) is 20.4. The predicted molar refractivity (Wildman–Crippen MR) is 195 cm³/mol. The molecule has 10 N–H and O–H groups in total. The second-order valence-electron chi connectivity index (χ2n) is 18.6. The summed E-state index contributed by atoms with van der Waals surface area (Å²) in [5, 5.41) is 109. The van der Waals surface area contributed by atoms with Gasteiger partial charge in [0.15, 0.2) is 12.6 Å². The standard InChI is InChI=1S/C40H68O15/c1-18(20(3)16-52-37-34(32(49)33(54-37)25(45)15-41)55-36-31(48)30(47)26(51-6)17-53-36)7-8-19(2)21-13-23(43)35-38(21,4)12-10-27-39(5)11-9-22(42)29(46)28(39)24(44)14-40(27,35)50/h19-37,41-50H,1,7-17H2,2-6H3/t19-,20-,21-,22+,23-,24+,25-,26-,27-,28+,29+,30+,31-,32-,33-,34+,35-,36+,37+,38-,39-,40+/m1/s1. The first-order chi connectivity index (χ1) is 25.8. The van der Waals surface area contributed by atoms with Crippen LogP contribution >= 0.6 is 0 Å². The lowest BCUT2D eigenvalue weighted by atomic mass is 9.41. The van der Waals surface area contributed by atoms with E-state index in [2.05, 4.69) is 20.4 Å². The van der Waals surface area contributed by atoms with Gasteiger partial charge in [-0.2, -0.15) is 0 Å². The van der Waals surface area contributed by atoms with E-state index in [1.54, 1.807) is 0 Å². The minimum Gasteiger partial charge on any atom is -0.394 e. The van der Waals surface area contributed by atoms with Gasteiger partial charge in [-0.1, -0.05) is 39.8 Å². The Bertz CT molecular complexity index is 1320. The highest BCUT2D eigenvalue weighted by Crippen LogP contribution is 2.70. The Balaban J connectivity index is 1.06. The zero-order valence-electron chi connectivity index (χ0n) is 33.0. The molecule has 318 valence electrons. The molecule has 0 aromatic rings. The van der Waals surface area contributed by atoms with Gasteiger partial charge in [0.25, 0.3) is 0 Å². The molecular weight excluding hydrogens is 720 g/mol. The molecule has 15 nitrogen and oxygen atoms in total. The third-order valence-corrected chi connectivity index (χ3v) is 15.4. The Hall–Kier alpha value is -0.860. The first kappa shape index (κ1) is 43.7. The van der Waals surface area contributed by atoms with Gasteiger partial charge in [0.2, 0.25) is 0 Å². The zero-order valence-corrected chi connectivity index (χ0v) is 33.0. The van der Waals surface area contributed by atoms with Gasteiger partial charge in [-0.25, -0.2) is 0 Å². The molecule has 0 spiro atoms. The van der Waals surface area contributed by atoms with Gasteiger partial charge in [0.05, 0.1) is 49.8 Å². The summed E-state index contributed by atoms with van der Waals surface area (Å²) in [5.41, 5.74) is -1.35.